The van der Waals surface area contributed by atoms with Crippen LogP contribution in [0, 0.1) is 0 Å². The minimum atomic E-state index is -0.228. The van der Waals surface area contributed by atoms with Gasteiger partial charge >= 0.3 is 5.97 Å². The van der Waals surface area contributed by atoms with Crippen molar-refractivity contribution in [1.82, 2.24) is 9.97 Å². The van der Waals surface area contributed by atoms with Gasteiger partial charge in [0.05, 0.1) is 13.5 Å². The number of hydrogen-bond acceptors (Lipinski definition) is 7. The zero-order chi connectivity index (χ0) is 11.1. The van der Waals surface area contributed by atoms with E-state index in [2.05, 4.69) is 20.1 Å². The highest BCUT2D eigenvalue weighted by atomic mass is 32.2. The van der Waals surface area contributed by atoms with Gasteiger partial charge in [0.1, 0.15) is 17.2 Å². The van der Waals surface area contributed by atoms with Crippen molar-refractivity contribution in [3.05, 3.63) is 12.4 Å². The summed E-state index contributed by atoms with van der Waals surface area (Å²) < 4.78 is 4.52. The van der Waals surface area contributed by atoms with Gasteiger partial charge in [0.2, 0.25) is 0 Å². The van der Waals surface area contributed by atoms with E-state index >= 15 is 0 Å². The SMILES string of the molecule is COC(=O)CCSc1cc(NN)ncn1. The predicted octanol–water partition coefficient (Wildman–Crippen LogP) is 0.417. The van der Waals surface area contributed by atoms with Crippen LogP contribution < -0.4 is 11.3 Å². The van der Waals surface area contributed by atoms with Crippen molar-refractivity contribution in [3.63, 3.8) is 0 Å². The Morgan fingerprint density at radius 3 is 3.13 bits per heavy atom. The molecule has 0 aliphatic carbocycles. The molecule has 0 spiro atoms. The molecule has 0 fully saturated rings. The van der Waals surface area contributed by atoms with Crippen LogP contribution in [0.5, 0.6) is 0 Å². The largest absolute Gasteiger partial charge is 0.469 e. The third kappa shape index (κ3) is 4.13. The molecule has 0 amide bonds. The molecule has 0 aliphatic rings. The van der Waals surface area contributed by atoms with Crippen LogP contribution in [-0.4, -0.2) is 28.8 Å². The standard InChI is InChI=1S/C8H12N4O2S/c1-14-8(13)2-3-15-7-4-6(12-9)10-5-11-7/h4-5H,2-3,9H2,1H3,(H,10,11,12). The molecule has 1 heterocycles. The van der Waals surface area contributed by atoms with Crippen LogP contribution in [0.3, 0.4) is 0 Å². The van der Waals surface area contributed by atoms with Crippen LogP contribution in [-0.2, 0) is 9.53 Å². The first-order chi connectivity index (χ1) is 7.26. The number of carbonyl (C=O) groups excluding carboxylic acids is 1. The van der Waals surface area contributed by atoms with Gasteiger partial charge in [0.25, 0.3) is 0 Å². The summed E-state index contributed by atoms with van der Waals surface area (Å²) in [7, 11) is 1.37. The second-order valence-corrected chi connectivity index (χ2v) is 3.68. The van der Waals surface area contributed by atoms with E-state index in [-0.39, 0.29) is 5.97 Å². The molecule has 82 valence electrons. The summed E-state index contributed by atoms with van der Waals surface area (Å²) in [5, 5.41) is 0.766. The van der Waals surface area contributed by atoms with Crippen LogP contribution in [0.15, 0.2) is 17.4 Å². The van der Waals surface area contributed by atoms with E-state index in [1.165, 1.54) is 25.2 Å². The van der Waals surface area contributed by atoms with Crippen LogP contribution in [0.2, 0.25) is 0 Å². The summed E-state index contributed by atoms with van der Waals surface area (Å²) >= 11 is 1.45. The molecule has 3 N–H and O–H groups in total. The lowest BCUT2D eigenvalue weighted by molar-refractivity contribution is -0.140. The lowest BCUT2D eigenvalue weighted by Crippen LogP contribution is -2.08. The maximum Gasteiger partial charge on any atom is 0.306 e. The zero-order valence-electron chi connectivity index (χ0n) is 8.27. The van der Waals surface area contributed by atoms with Crippen molar-refractivity contribution in [2.45, 2.75) is 11.4 Å². The third-order valence-corrected chi connectivity index (χ3v) is 2.50. The fourth-order valence-electron chi connectivity index (χ4n) is 0.838. The topological polar surface area (TPSA) is 90.1 Å². The molecule has 1 rings (SSSR count). The molecule has 0 atom stereocenters. The molecule has 7 heteroatoms. The first kappa shape index (κ1) is 11.7. The number of nitrogen functional groups attached to an aromatic ring is 1. The minimum absolute atomic E-state index is 0.228. The lowest BCUT2D eigenvalue weighted by atomic mass is 10.5. The van der Waals surface area contributed by atoms with Gasteiger partial charge in [0, 0.05) is 11.8 Å². The second-order valence-electron chi connectivity index (χ2n) is 2.56. The van der Waals surface area contributed by atoms with Crippen LogP contribution in [0.4, 0.5) is 5.82 Å². The normalized spacial score (nSPS) is 9.73. The average Bonchev–Trinajstić information content (AvgIpc) is 2.29. The number of methoxy groups -OCH3 is 1. The first-order valence-electron chi connectivity index (χ1n) is 4.24. The Kier molecular flexibility index (Phi) is 4.85. The van der Waals surface area contributed by atoms with E-state index in [1.807, 2.05) is 0 Å². The van der Waals surface area contributed by atoms with Crippen molar-refractivity contribution in [2.75, 3.05) is 18.3 Å². The lowest BCUT2D eigenvalue weighted by Gasteiger charge is -2.02. The molecule has 0 bridgehead atoms. The van der Waals surface area contributed by atoms with Crippen molar-refractivity contribution >= 4 is 23.5 Å². The molecule has 6 nitrogen and oxygen atoms in total. The van der Waals surface area contributed by atoms with Crippen molar-refractivity contribution in [1.29, 1.82) is 0 Å². The monoisotopic (exact) mass is 228 g/mol. The Morgan fingerprint density at radius 2 is 2.47 bits per heavy atom. The van der Waals surface area contributed by atoms with E-state index in [0.717, 1.165) is 5.03 Å². The Hall–Kier alpha value is -1.34. The Morgan fingerprint density at radius 1 is 1.67 bits per heavy atom. The van der Waals surface area contributed by atoms with E-state index in [4.69, 9.17) is 5.84 Å². The van der Waals surface area contributed by atoms with Crippen LogP contribution in [0.1, 0.15) is 6.42 Å². The van der Waals surface area contributed by atoms with Gasteiger partial charge in [-0.05, 0) is 0 Å². The highest BCUT2D eigenvalue weighted by Crippen LogP contribution is 2.17. The van der Waals surface area contributed by atoms with Gasteiger partial charge in [-0.3, -0.25) is 4.79 Å². The summed E-state index contributed by atoms with van der Waals surface area (Å²) in [4.78, 5) is 18.7. The van der Waals surface area contributed by atoms with Crippen molar-refractivity contribution < 1.29 is 9.53 Å². The molecule has 0 aromatic carbocycles. The smallest absolute Gasteiger partial charge is 0.306 e. The highest BCUT2D eigenvalue weighted by Gasteiger charge is 2.02. The molecule has 15 heavy (non-hydrogen) atoms. The van der Waals surface area contributed by atoms with Gasteiger partial charge < -0.3 is 10.2 Å². The van der Waals surface area contributed by atoms with Crippen molar-refractivity contribution in [2.24, 2.45) is 5.84 Å². The molecule has 0 radical (unpaired) electrons. The summed E-state index contributed by atoms with van der Waals surface area (Å²) in [6.45, 7) is 0. The molecule has 1 aromatic rings. The number of esters is 1. The highest BCUT2D eigenvalue weighted by molar-refractivity contribution is 7.99. The maximum absolute atomic E-state index is 10.8. The predicted molar refractivity (Wildman–Crippen MR) is 57.2 cm³/mol. The molecular weight excluding hydrogens is 216 g/mol. The number of rotatable bonds is 5. The Bertz CT molecular complexity index is 334. The van der Waals surface area contributed by atoms with E-state index in [9.17, 15) is 4.79 Å². The molecule has 0 unspecified atom stereocenters. The van der Waals surface area contributed by atoms with Crippen LogP contribution in [0.25, 0.3) is 0 Å². The number of anilines is 1. The van der Waals surface area contributed by atoms with Crippen molar-refractivity contribution in [3.8, 4) is 0 Å². The zero-order valence-corrected chi connectivity index (χ0v) is 9.08. The first-order valence-corrected chi connectivity index (χ1v) is 5.23. The van der Waals surface area contributed by atoms with Gasteiger partial charge in [-0.1, -0.05) is 0 Å². The average molecular weight is 228 g/mol. The fraction of sp³-hybridized carbons (Fsp3) is 0.375. The Labute approximate surface area is 91.6 Å². The number of hydrazine groups is 1. The quantitative estimate of drug-likeness (QED) is 0.248. The number of nitrogens with two attached hydrogens (primary N) is 1. The summed E-state index contributed by atoms with van der Waals surface area (Å²) in [6.07, 6.45) is 1.77. The fourth-order valence-corrected chi connectivity index (χ4v) is 1.63. The number of thioether (sulfide) groups is 1. The van der Waals surface area contributed by atoms with E-state index in [0.29, 0.717) is 18.0 Å². The second kappa shape index (κ2) is 6.20. The van der Waals surface area contributed by atoms with E-state index in [1.54, 1.807) is 6.07 Å². The van der Waals surface area contributed by atoms with E-state index < -0.39 is 0 Å². The minimum Gasteiger partial charge on any atom is -0.469 e. The Balaban J connectivity index is 2.40. The maximum atomic E-state index is 10.8. The molecule has 0 saturated heterocycles. The van der Waals surface area contributed by atoms with Crippen LogP contribution >= 0.6 is 11.8 Å². The number of ether oxygens (including phenoxy) is 1. The van der Waals surface area contributed by atoms with Gasteiger partial charge in [-0.2, -0.15) is 0 Å². The number of hydrogen-bond donors (Lipinski definition) is 2. The summed E-state index contributed by atoms with van der Waals surface area (Å²) in [5.41, 5.74) is 2.42. The number of carbonyl (C=O) groups is 1. The molecule has 1 aromatic heterocycles. The van der Waals surface area contributed by atoms with Gasteiger partial charge in [-0.15, -0.1) is 11.8 Å². The summed E-state index contributed by atoms with van der Waals surface area (Å²) in [6, 6.07) is 1.71. The number of nitrogens with zero attached hydrogens (tertiary/aromatic N) is 2. The summed E-state index contributed by atoms with van der Waals surface area (Å²) in [5.74, 6) is 6.13. The molecule has 0 aliphatic heterocycles. The molecular formula is C8H12N4O2S. The molecule has 0 saturated carbocycles. The van der Waals surface area contributed by atoms with Gasteiger partial charge in [-0.25, -0.2) is 15.8 Å². The number of aromatic nitrogens is 2. The third-order valence-electron chi connectivity index (χ3n) is 1.57. The number of nitrogens with one attached hydrogen (secondary N) is 1. The van der Waals surface area contributed by atoms with Gasteiger partial charge in [0.15, 0.2) is 0 Å².